The predicted octanol–water partition coefficient (Wildman–Crippen LogP) is 2.66. The summed E-state index contributed by atoms with van der Waals surface area (Å²) in [5.41, 5.74) is 2.55. The van der Waals surface area contributed by atoms with E-state index >= 15 is 0 Å². The molecule has 2 rings (SSSR count). The molecule has 0 bridgehead atoms. The molecule has 0 saturated carbocycles. The molecule has 1 aromatic heterocycles. The average molecular weight is 239 g/mol. The van der Waals surface area contributed by atoms with Crippen LogP contribution in [0, 0.1) is 0 Å². The molecule has 2 aromatic rings. The summed E-state index contributed by atoms with van der Waals surface area (Å²) in [4.78, 5) is 2.17. The molecule has 0 saturated heterocycles. The molecule has 0 amide bonds. The van der Waals surface area contributed by atoms with Crippen LogP contribution in [0.25, 0.3) is 12.3 Å². The van der Waals surface area contributed by atoms with Crippen molar-refractivity contribution in [3.63, 3.8) is 0 Å². The second kappa shape index (κ2) is 6.12. The Kier molecular flexibility index (Phi) is 4.26. The van der Waals surface area contributed by atoms with E-state index < -0.39 is 0 Å². The van der Waals surface area contributed by atoms with Gasteiger partial charge in [0.25, 0.3) is 0 Å². The van der Waals surface area contributed by atoms with Crippen LogP contribution in [0.3, 0.4) is 0 Å². The number of nitrogens with zero attached hydrogens (tertiary/aromatic N) is 2. The van der Waals surface area contributed by atoms with Crippen LogP contribution in [0.2, 0.25) is 0 Å². The number of benzene rings is 1. The lowest BCUT2D eigenvalue weighted by molar-refractivity contribution is -0.567. The van der Waals surface area contributed by atoms with Gasteiger partial charge >= 0.3 is 0 Å². The van der Waals surface area contributed by atoms with Crippen LogP contribution in [0.15, 0.2) is 54.9 Å². The zero-order valence-electron chi connectivity index (χ0n) is 11.0. The second-order valence-corrected chi connectivity index (χ2v) is 4.62. The van der Waals surface area contributed by atoms with Crippen LogP contribution in [-0.2, 0) is 6.54 Å². The third-order valence-electron chi connectivity index (χ3n) is 2.66. The van der Waals surface area contributed by atoms with Gasteiger partial charge in [-0.2, -0.15) is 4.57 Å². The Morgan fingerprint density at radius 3 is 2.28 bits per heavy atom. The van der Waals surface area contributed by atoms with E-state index in [1.807, 2.05) is 35.2 Å². The number of aromatic nitrogens is 1. The van der Waals surface area contributed by atoms with Gasteiger partial charge in [-0.1, -0.05) is 30.3 Å². The molecule has 0 spiro atoms. The largest absolute Gasteiger partial charge is 0.305 e. The van der Waals surface area contributed by atoms with Gasteiger partial charge in [-0.05, 0) is 25.2 Å². The van der Waals surface area contributed by atoms with Crippen LogP contribution in [0.1, 0.15) is 11.1 Å². The minimum absolute atomic E-state index is 0.984. The molecular weight excluding hydrogens is 220 g/mol. The van der Waals surface area contributed by atoms with E-state index in [2.05, 4.69) is 55.5 Å². The number of rotatable bonds is 4. The molecule has 92 valence electrons. The van der Waals surface area contributed by atoms with E-state index in [4.69, 9.17) is 0 Å². The molecule has 0 aliphatic rings. The third-order valence-corrected chi connectivity index (χ3v) is 2.66. The molecule has 0 atom stereocenters. The first-order chi connectivity index (χ1) is 8.74. The highest BCUT2D eigenvalue weighted by Gasteiger charge is 1.95. The first-order valence-electron chi connectivity index (χ1n) is 6.12. The van der Waals surface area contributed by atoms with Gasteiger partial charge < -0.3 is 4.90 Å². The third kappa shape index (κ3) is 3.82. The summed E-state index contributed by atoms with van der Waals surface area (Å²) in [6.45, 7) is 0.984. The van der Waals surface area contributed by atoms with E-state index in [9.17, 15) is 0 Å². The fraction of sp³-hybridized carbons (Fsp3) is 0.188. The monoisotopic (exact) mass is 239 g/mol. The van der Waals surface area contributed by atoms with E-state index in [-0.39, 0.29) is 0 Å². The molecule has 0 fully saturated rings. The Labute approximate surface area is 109 Å². The van der Waals surface area contributed by atoms with Crippen molar-refractivity contribution in [3.8, 4) is 0 Å². The van der Waals surface area contributed by atoms with Crippen LogP contribution >= 0.6 is 0 Å². The molecular formula is C16H19N2+. The maximum absolute atomic E-state index is 2.18. The van der Waals surface area contributed by atoms with Crippen LogP contribution in [0.4, 0.5) is 0 Å². The Hall–Kier alpha value is -1.93. The minimum Gasteiger partial charge on any atom is -0.305 e. The molecule has 1 aromatic carbocycles. The van der Waals surface area contributed by atoms with E-state index in [1.165, 1.54) is 11.1 Å². The molecule has 0 aliphatic heterocycles. The zero-order chi connectivity index (χ0) is 12.8. The maximum Gasteiger partial charge on any atom is 0.175 e. The Morgan fingerprint density at radius 2 is 1.67 bits per heavy atom. The molecule has 18 heavy (non-hydrogen) atoms. The quantitative estimate of drug-likeness (QED) is 0.744. The van der Waals surface area contributed by atoms with Crippen LogP contribution in [0.5, 0.6) is 0 Å². The fourth-order valence-corrected chi connectivity index (χ4v) is 1.78. The lowest BCUT2D eigenvalue weighted by atomic mass is 10.1. The van der Waals surface area contributed by atoms with Crippen molar-refractivity contribution >= 4 is 12.3 Å². The SMILES string of the molecule is CN(C)Cc1ccc(C=C[n+]2ccccc2)cc1. The van der Waals surface area contributed by atoms with E-state index in [1.54, 1.807) is 0 Å². The summed E-state index contributed by atoms with van der Waals surface area (Å²) in [6, 6.07) is 14.7. The highest BCUT2D eigenvalue weighted by Crippen LogP contribution is 2.07. The minimum atomic E-state index is 0.984. The van der Waals surface area contributed by atoms with Crippen LogP contribution < -0.4 is 4.57 Å². The molecule has 0 radical (unpaired) electrons. The first-order valence-corrected chi connectivity index (χ1v) is 6.12. The normalized spacial score (nSPS) is 11.3. The van der Waals surface area contributed by atoms with Gasteiger partial charge in [0.1, 0.15) is 0 Å². The summed E-state index contributed by atoms with van der Waals surface area (Å²) in [5, 5.41) is 0. The lowest BCUT2D eigenvalue weighted by Gasteiger charge is -2.09. The van der Waals surface area contributed by atoms with Crippen molar-refractivity contribution in [2.24, 2.45) is 0 Å². The van der Waals surface area contributed by atoms with Crippen molar-refractivity contribution in [2.75, 3.05) is 14.1 Å². The van der Waals surface area contributed by atoms with Crippen LogP contribution in [-0.4, -0.2) is 19.0 Å². The Bertz CT molecular complexity index is 498. The summed E-state index contributed by atoms with van der Waals surface area (Å²) in [7, 11) is 4.17. The Balaban J connectivity index is 2.04. The fourth-order valence-electron chi connectivity index (χ4n) is 1.78. The van der Waals surface area contributed by atoms with Gasteiger partial charge in [0.05, 0.1) is 0 Å². The van der Waals surface area contributed by atoms with Crippen molar-refractivity contribution in [3.05, 3.63) is 66.0 Å². The second-order valence-electron chi connectivity index (χ2n) is 4.62. The highest BCUT2D eigenvalue weighted by molar-refractivity contribution is 5.56. The van der Waals surface area contributed by atoms with Gasteiger partial charge in [0.2, 0.25) is 0 Å². The van der Waals surface area contributed by atoms with E-state index in [0.717, 1.165) is 6.54 Å². The number of hydrogen-bond donors (Lipinski definition) is 0. The summed E-state index contributed by atoms with van der Waals surface area (Å²) in [5.74, 6) is 0. The zero-order valence-corrected chi connectivity index (χ0v) is 11.0. The summed E-state index contributed by atoms with van der Waals surface area (Å²) < 4.78 is 2.04. The van der Waals surface area contributed by atoms with Crippen molar-refractivity contribution in [2.45, 2.75) is 6.54 Å². The van der Waals surface area contributed by atoms with E-state index in [0.29, 0.717) is 0 Å². The van der Waals surface area contributed by atoms with Gasteiger partial charge in [0.15, 0.2) is 18.6 Å². The molecule has 2 heteroatoms. The van der Waals surface area contributed by atoms with Crippen molar-refractivity contribution in [1.82, 2.24) is 4.90 Å². The van der Waals surface area contributed by atoms with Gasteiger partial charge in [-0.25, -0.2) is 0 Å². The smallest absolute Gasteiger partial charge is 0.175 e. The lowest BCUT2D eigenvalue weighted by Crippen LogP contribution is -2.23. The molecule has 2 nitrogen and oxygen atoms in total. The Morgan fingerprint density at radius 1 is 1.00 bits per heavy atom. The first kappa shape index (κ1) is 12.5. The van der Waals surface area contributed by atoms with Gasteiger partial charge in [-0.3, -0.25) is 0 Å². The molecule has 0 N–H and O–H groups in total. The van der Waals surface area contributed by atoms with Gasteiger partial charge in [-0.15, -0.1) is 0 Å². The van der Waals surface area contributed by atoms with Gasteiger partial charge in [0, 0.05) is 24.8 Å². The number of pyridine rings is 1. The maximum atomic E-state index is 2.18. The molecule has 1 heterocycles. The average Bonchev–Trinajstić information content (AvgIpc) is 2.38. The number of hydrogen-bond acceptors (Lipinski definition) is 1. The molecule has 0 aliphatic carbocycles. The summed E-state index contributed by atoms with van der Waals surface area (Å²) in [6.07, 6.45) is 8.22. The standard InChI is InChI=1S/C16H19N2/c1-17(2)14-16-8-6-15(7-9-16)10-13-18-11-4-3-5-12-18/h3-13H,14H2,1-2H3/q+1. The van der Waals surface area contributed by atoms with Crippen molar-refractivity contribution in [1.29, 1.82) is 0 Å². The molecule has 0 unspecified atom stereocenters. The summed E-state index contributed by atoms with van der Waals surface area (Å²) >= 11 is 0. The topological polar surface area (TPSA) is 7.12 Å². The van der Waals surface area contributed by atoms with Crippen molar-refractivity contribution < 1.29 is 4.57 Å². The highest BCUT2D eigenvalue weighted by atomic mass is 15.0. The predicted molar refractivity (Wildman–Crippen MR) is 75.7 cm³/mol.